The SMILES string of the molecule is CCOc1ccc(S(=O)(=O)NC2(N)CCC(C)(C(=O)N[C@H](C)c3ccc(F)cc3)CC2)cc1C. The number of aryl methyl sites for hydroxylation is 1. The molecule has 0 aliphatic heterocycles. The lowest BCUT2D eigenvalue weighted by molar-refractivity contribution is -0.133. The van der Waals surface area contributed by atoms with Crippen molar-refractivity contribution >= 4 is 15.9 Å². The Hall–Kier alpha value is -2.49. The number of hydrogen-bond donors (Lipinski definition) is 3. The average Bonchev–Trinajstić information content (AvgIpc) is 2.77. The van der Waals surface area contributed by atoms with Gasteiger partial charge in [-0.1, -0.05) is 19.1 Å². The van der Waals surface area contributed by atoms with Crippen molar-refractivity contribution in [3.63, 3.8) is 0 Å². The van der Waals surface area contributed by atoms with Crippen molar-refractivity contribution in [2.75, 3.05) is 6.61 Å². The van der Waals surface area contributed by atoms with E-state index in [0.717, 1.165) is 11.1 Å². The molecule has 7 nitrogen and oxygen atoms in total. The number of rotatable bonds is 8. The zero-order valence-electron chi connectivity index (χ0n) is 20.2. The molecular formula is C25H34FN3O4S. The molecule has 0 bridgehead atoms. The van der Waals surface area contributed by atoms with Crippen LogP contribution in [-0.4, -0.2) is 26.6 Å². The van der Waals surface area contributed by atoms with Gasteiger partial charge in [-0.2, -0.15) is 4.72 Å². The molecule has 3 rings (SSSR count). The average molecular weight is 492 g/mol. The lowest BCUT2D eigenvalue weighted by Gasteiger charge is -2.42. The Morgan fingerprint density at radius 2 is 1.76 bits per heavy atom. The summed E-state index contributed by atoms with van der Waals surface area (Å²) in [6.45, 7) is 7.86. The minimum Gasteiger partial charge on any atom is -0.494 e. The summed E-state index contributed by atoms with van der Waals surface area (Å²) in [7, 11) is -3.85. The van der Waals surface area contributed by atoms with Crippen molar-refractivity contribution in [2.45, 2.75) is 70.0 Å². The highest BCUT2D eigenvalue weighted by Gasteiger charge is 2.44. The van der Waals surface area contributed by atoms with Gasteiger partial charge in [0.05, 0.1) is 23.2 Å². The molecule has 186 valence electrons. The Morgan fingerprint density at radius 3 is 2.32 bits per heavy atom. The molecule has 4 N–H and O–H groups in total. The van der Waals surface area contributed by atoms with Crippen LogP contribution in [0.2, 0.25) is 0 Å². The Kier molecular flexibility index (Phi) is 7.69. The van der Waals surface area contributed by atoms with E-state index >= 15 is 0 Å². The predicted molar refractivity (Wildman–Crippen MR) is 129 cm³/mol. The van der Waals surface area contributed by atoms with Crippen LogP contribution in [0, 0.1) is 18.2 Å². The van der Waals surface area contributed by atoms with Crippen LogP contribution < -0.4 is 20.5 Å². The number of amides is 1. The molecule has 0 unspecified atom stereocenters. The molecule has 1 amide bonds. The summed E-state index contributed by atoms with van der Waals surface area (Å²) < 4.78 is 47.3. The van der Waals surface area contributed by atoms with E-state index in [9.17, 15) is 17.6 Å². The van der Waals surface area contributed by atoms with Crippen molar-refractivity contribution in [1.82, 2.24) is 10.0 Å². The number of nitrogens with two attached hydrogens (primary N) is 1. The molecule has 9 heteroatoms. The highest BCUT2D eigenvalue weighted by Crippen LogP contribution is 2.40. The Balaban J connectivity index is 1.64. The van der Waals surface area contributed by atoms with Crippen molar-refractivity contribution < 1.29 is 22.3 Å². The zero-order chi connectivity index (χ0) is 25.1. The maximum Gasteiger partial charge on any atom is 0.242 e. The van der Waals surface area contributed by atoms with Gasteiger partial charge in [0.2, 0.25) is 15.9 Å². The van der Waals surface area contributed by atoms with Crippen molar-refractivity contribution in [3.8, 4) is 5.75 Å². The number of hydrogen-bond acceptors (Lipinski definition) is 5. The molecule has 1 aliphatic carbocycles. The first-order valence-corrected chi connectivity index (χ1v) is 13.0. The largest absolute Gasteiger partial charge is 0.494 e. The summed E-state index contributed by atoms with van der Waals surface area (Å²) in [5.74, 6) is 0.179. The lowest BCUT2D eigenvalue weighted by atomic mass is 9.71. The van der Waals surface area contributed by atoms with Crippen molar-refractivity contribution in [1.29, 1.82) is 0 Å². The number of sulfonamides is 1. The molecule has 34 heavy (non-hydrogen) atoms. The third kappa shape index (κ3) is 5.95. The lowest BCUT2D eigenvalue weighted by Crippen LogP contribution is -2.59. The van der Waals surface area contributed by atoms with E-state index in [1.54, 1.807) is 31.2 Å². The number of benzene rings is 2. The number of nitrogens with one attached hydrogen (secondary N) is 2. The number of carbonyl (C=O) groups excluding carboxylic acids is 1. The molecule has 2 aromatic rings. The van der Waals surface area contributed by atoms with E-state index in [4.69, 9.17) is 10.5 Å². The predicted octanol–water partition coefficient (Wildman–Crippen LogP) is 3.92. The molecule has 1 saturated carbocycles. The van der Waals surface area contributed by atoms with Crippen LogP contribution >= 0.6 is 0 Å². The van der Waals surface area contributed by atoms with E-state index in [2.05, 4.69) is 10.0 Å². The molecular weight excluding hydrogens is 457 g/mol. The number of halogens is 1. The molecule has 2 aromatic carbocycles. The molecule has 0 heterocycles. The quantitative estimate of drug-likeness (QED) is 0.485. The summed E-state index contributed by atoms with van der Waals surface area (Å²) in [4.78, 5) is 13.2. The Labute approximate surface area is 201 Å². The number of carbonyl (C=O) groups is 1. The number of ether oxygens (including phenoxy) is 1. The van der Waals surface area contributed by atoms with Gasteiger partial charge in [-0.3, -0.25) is 4.79 Å². The maximum absolute atomic E-state index is 13.2. The van der Waals surface area contributed by atoms with E-state index in [0.29, 0.717) is 38.0 Å². The van der Waals surface area contributed by atoms with Crippen molar-refractivity contribution in [3.05, 3.63) is 59.4 Å². The smallest absolute Gasteiger partial charge is 0.242 e. The Morgan fingerprint density at radius 1 is 1.15 bits per heavy atom. The van der Waals surface area contributed by atoms with Gasteiger partial charge in [0.1, 0.15) is 11.6 Å². The normalized spacial score (nSPS) is 23.8. The molecule has 0 radical (unpaired) electrons. The van der Waals surface area contributed by atoms with Crippen LogP contribution in [0.5, 0.6) is 5.75 Å². The molecule has 1 fully saturated rings. The van der Waals surface area contributed by atoms with Gasteiger partial charge in [-0.15, -0.1) is 0 Å². The van der Waals surface area contributed by atoms with Crippen LogP contribution in [0.15, 0.2) is 47.4 Å². The van der Waals surface area contributed by atoms with E-state index < -0.39 is 21.1 Å². The van der Waals surface area contributed by atoms with Crippen LogP contribution in [0.4, 0.5) is 4.39 Å². The first kappa shape index (κ1) is 26.1. The summed E-state index contributed by atoms with van der Waals surface area (Å²) in [6, 6.07) is 10.4. The van der Waals surface area contributed by atoms with Gasteiger partial charge in [0.25, 0.3) is 0 Å². The fourth-order valence-electron chi connectivity index (χ4n) is 4.22. The van der Waals surface area contributed by atoms with Crippen LogP contribution in [0.1, 0.15) is 63.6 Å². The van der Waals surface area contributed by atoms with Crippen LogP contribution in [0.25, 0.3) is 0 Å². The minimum absolute atomic E-state index is 0.123. The molecule has 0 aromatic heterocycles. The molecule has 1 atom stereocenters. The summed E-state index contributed by atoms with van der Waals surface area (Å²) >= 11 is 0. The van der Waals surface area contributed by atoms with Gasteiger partial charge in [0, 0.05) is 5.41 Å². The van der Waals surface area contributed by atoms with E-state index in [1.807, 2.05) is 20.8 Å². The second-order valence-corrected chi connectivity index (χ2v) is 11.1. The fraction of sp³-hybridized carbons (Fsp3) is 0.480. The van der Waals surface area contributed by atoms with Gasteiger partial charge >= 0.3 is 0 Å². The van der Waals surface area contributed by atoms with Crippen molar-refractivity contribution in [2.24, 2.45) is 11.1 Å². The zero-order valence-corrected chi connectivity index (χ0v) is 21.0. The maximum atomic E-state index is 13.2. The first-order chi connectivity index (χ1) is 15.9. The highest BCUT2D eigenvalue weighted by atomic mass is 32.2. The summed E-state index contributed by atoms with van der Waals surface area (Å²) in [5.41, 5.74) is 6.14. The van der Waals surface area contributed by atoms with Gasteiger partial charge < -0.3 is 15.8 Å². The minimum atomic E-state index is -3.85. The topological polar surface area (TPSA) is 111 Å². The third-order valence-electron chi connectivity index (χ3n) is 6.61. The molecule has 1 aliphatic rings. The molecule has 0 saturated heterocycles. The third-order valence-corrected chi connectivity index (χ3v) is 8.16. The molecule has 0 spiro atoms. The van der Waals surface area contributed by atoms with Gasteiger partial charge in [-0.25, -0.2) is 12.8 Å². The van der Waals surface area contributed by atoms with Crippen LogP contribution in [-0.2, 0) is 14.8 Å². The monoisotopic (exact) mass is 491 g/mol. The standard InChI is InChI=1S/C25H34FN3O4S/c1-5-33-22-11-10-21(16-17(22)2)34(31,32)29-25(27)14-12-24(4,13-15-25)23(30)28-18(3)19-6-8-20(26)9-7-19/h6-11,16,18,29H,5,12-15,27H2,1-4H3,(H,28,30)/t18-,24?,25?/m1/s1. The van der Waals surface area contributed by atoms with E-state index in [1.165, 1.54) is 18.2 Å². The van der Waals surface area contributed by atoms with E-state index in [-0.39, 0.29) is 22.7 Å². The van der Waals surface area contributed by atoms with Gasteiger partial charge in [-0.05, 0) is 87.9 Å². The second-order valence-electron chi connectivity index (χ2n) is 9.43. The highest BCUT2D eigenvalue weighted by molar-refractivity contribution is 7.89. The second kappa shape index (κ2) is 10.0. The summed E-state index contributed by atoms with van der Waals surface area (Å²) in [5, 5.41) is 3.00. The van der Waals surface area contributed by atoms with Gasteiger partial charge in [0.15, 0.2) is 0 Å². The fourth-order valence-corrected chi connectivity index (χ4v) is 5.65. The van der Waals surface area contributed by atoms with Crippen LogP contribution in [0.3, 0.4) is 0 Å². The Bertz CT molecular complexity index is 1130. The summed E-state index contributed by atoms with van der Waals surface area (Å²) in [6.07, 6.45) is 1.49. The first-order valence-electron chi connectivity index (χ1n) is 11.5.